The molecule has 3 fully saturated rings. The Hall–Kier alpha value is -0.610. The molecule has 0 aliphatic carbocycles. The molecule has 2 bridgehead atoms. The highest BCUT2D eigenvalue weighted by atomic mass is 16.2. The summed E-state index contributed by atoms with van der Waals surface area (Å²) in [5.74, 6) is 0.673. The van der Waals surface area contributed by atoms with Crippen molar-refractivity contribution in [1.29, 1.82) is 0 Å². The maximum absolute atomic E-state index is 11.4. The van der Waals surface area contributed by atoms with Gasteiger partial charge in [-0.15, -0.1) is 0 Å². The molecule has 3 aliphatic rings. The highest BCUT2D eigenvalue weighted by Crippen LogP contribution is 2.27. The van der Waals surface area contributed by atoms with E-state index in [9.17, 15) is 4.79 Å². The minimum Gasteiger partial charge on any atom is -0.350 e. The fourth-order valence-electron chi connectivity index (χ4n) is 2.44. The second-order valence-electron chi connectivity index (χ2n) is 4.54. The van der Waals surface area contributed by atoms with Gasteiger partial charge in [0.2, 0.25) is 5.91 Å². The molecule has 1 amide bonds. The van der Waals surface area contributed by atoms with Gasteiger partial charge in [0, 0.05) is 12.6 Å². The van der Waals surface area contributed by atoms with Crippen molar-refractivity contribution >= 4 is 5.91 Å². The molecule has 3 saturated heterocycles. The Morgan fingerprint density at radius 1 is 1.50 bits per heavy atom. The summed E-state index contributed by atoms with van der Waals surface area (Å²) < 4.78 is 0. The van der Waals surface area contributed by atoms with E-state index < -0.39 is 0 Å². The summed E-state index contributed by atoms with van der Waals surface area (Å²) in [4.78, 5) is 13.9. The van der Waals surface area contributed by atoms with E-state index in [0.717, 1.165) is 6.54 Å². The fraction of sp³-hybridized carbons (Fsp3) is 0.900. The van der Waals surface area contributed by atoms with E-state index in [2.05, 4.69) is 10.2 Å². The molecule has 0 aromatic rings. The number of hydrogen-bond acceptors (Lipinski definition) is 3. The summed E-state index contributed by atoms with van der Waals surface area (Å²) in [7, 11) is 0. The van der Waals surface area contributed by atoms with E-state index in [1.54, 1.807) is 6.92 Å². The van der Waals surface area contributed by atoms with E-state index in [4.69, 9.17) is 5.73 Å². The van der Waals surface area contributed by atoms with Gasteiger partial charge in [0.15, 0.2) is 0 Å². The van der Waals surface area contributed by atoms with Crippen molar-refractivity contribution in [2.45, 2.75) is 31.8 Å². The predicted octanol–water partition coefficient (Wildman–Crippen LogP) is -0.456. The number of amides is 1. The zero-order valence-corrected chi connectivity index (χ0v) is 8.70. The average molecular weight is 197 g/mol. The monoisotopic (exact) mass is 197 g/mol. The highest BCUT2D eigenvalue weighted by molar-refractivity contribution is 5.81. The number of rotatable bonds is 2. The molecule has 3 heterocycles. The fourth-order valence-corrected chi connectivity index (χ4v) is 2.44. The van der Waals surface area contributed by atoms with Crippen LogP contribution < -0.4 is 11.1 Å². The average Bonchev–Trinajstić information content (AvgIpc) is 2.19. The Morgan fingerprint density at radius 3 is 2.57 bits per heavy atom. The lowest BCUT2D eigenvalue weighted by Gasteiger charge is -2.45. The SMILES string of the molecule is C[C@@H](N)C(=O)NC1CN2CCC1CC2. The highest BCUT2D eigenvalue weighted by Gasteiger charge is 2.34. The largest absolute Gasteiger partial charge is 0.350 e. The number of nitrogens with zero attached hydrogens (tertiary/aromatic N) is 1. The number of nitrogens with two attached hydrogens (primary N) is 1. The smallest absolute Gasteiger partial charge is 0.236 e. The van der Waals surface area contributed by atoms with Crippen molar-refractivity contribution < 1.29 is 4.79 Å². The number of piperidine rings is 3. The van der Waals surface area contributed by atoms with Gasteiger partial charge in [-0.3, -0.25) is 4.79 Å². The lowest BCUT2D eigenvalue weighted by molar-refractivity contribution is -0.124. The lowest BCUT2D eigenvalue weighted by atomic mass is 9.84. The third-order valence-electron chi connectivity index (χ3n) is 3.40. The van der Waals surface area contributed by atoms with Gasteiger partial charge in [0.25, 0.3) is 0 Å². The maximum Gasteiger partial charge on any atom is 0.236 e. The van der Waals surface area contributed by atoms with Crippen molar-refractivity contribution in [3.8, 4) is 0 Å². The van der Waals surface area contributed by atoms with Crippen LogP contribution in [0.4, 0.5) is 0 Å². The van der Waals surface area contributed by atoms with Crippen LogP contribution in [0.2, 0.25) is 0 Å². The van der Waals surface area contributed by atoms with Gasteiger partial charge in [0.1, 0.15) is 0 Å². The van der Waals surface area contributed by atoms with Crippen molar-refractivity contribution in [1.82, 2.24) is 10.2 Å². The van der Waals surface area contributed by atoms with Crippen LogP contribution in [0.25, 0.3) is 0 Å². The first-order valence-corrected chi connectivity index (χ1v) is 5.45. The van der Waals surface area contributed by atoms with Crippen molar-refractivity contribution in [3.63, 3.8) is 0 Å². The first kappa shape index (κ1) is 9.93. The Bertz CT molecular complexity index is 221. The van der Waals surface area contributed by atoms with E-state index >= 15 is 0 Å². The van der Waals surface area contributed by atoms with Gasteiger partial charge in [-0.1, -0.05) is 0 Å². The molecule has 0 aromatic heterocycles. The molecule has 2 atom stereocenters. The number of hydrogen-bond donors (Lipinski definition) is 2. The zero-order valence-electron chi connectivity index (χ0n) is 8.70. The first-order valence-electron chi connectivity index (χ1n) is 5.45. The third-order valence-corrected chi connectivity index (χ3v) is 3.40. The molecular formula is C10H19N3O. The van der Waals surface area contributed by atoms with Crippen molar-refractivity contribution in [2.24, 2.45) is 11.7 Å². The van der Waals surface area contributed by atoms with Crippen molar-refractivity contribution in [3.05, 3.63) is 0 Å². The molecule has 3 aliphatic heterocycles. The maximum atomic E-state index is 11.4. The second-order valence-corrected chi connectivity index (χ2v) is 4.54. The first-order chi connectivity index (χ1) is 6.66. The second kappa shape index (κ2) is 3.87. The van der Waals surface area contributed by atoms with Gasteiger partial charge in [-0.2, -0.15) is 0 Å². The van der Waals surface area contributed by atoms with Crippen LogP contribution in [0.5, 0.6) is 0 Å². The Balaban J connectivity index is 1.90. The Labute approximate surface area is 84.8 Å². The van der Waals surface area contributed by atoms with Crippen LogP contribution >= 0.6 is 0 Å². The molecule has 14 heavy (non-hydrogen) atoms. The summed E-state index contributed by atoms with van der Waals surface area (Å²) in [6.45, 7) is 5.16. The minimum absolute atomic E-state index is 0.0104. The van der Waals surface area contributed by atoms with E-state index in [1.165, 1.54) is 25.9 Å². The van der Waals surface area contributed by atoms with Gasteiger partial charge in [-0.25, -0.2) is 0 Å². The molecular weight excluding hydrogens is 178 g/mol. The summed E-state index contributed by atoms with van der Waals surface area (Å²) in [6, 6.07) is -0.0403. The predicted molar refractivity (Wildman–Crippen MR) is 54.7 cm³/mol. The molecule has 0 saturated carbocycles. The number of carbonyl (C=O) groups is 1. The minimum atomic E-state index is -0.384. The van der Waals surface area contributed by atoms with E-state index in [0.29, 0.717) is 12.0 Å². The van der Waals surface area contributed by atoms with Crippen LogP contribution in [0.1, 0.15) is 19.8 Å². The van der Waals surface area contributed by atoms with Gasteiger partial charge < -0.3 is 16.0 Å². The molecule has 4 heteroatoms. The van der Waals surface area contributed by atoms with Gasteiger partial charge in [-0.05, 0) is 38.8 Å². The molecule has 1 unspecified atom stereocenters. The van der Waals surface area contributed by atoms with Crippen LogP contribution in [0, 0.1) is 5.92 Å². The summed E-state index contributed by atoms with van der Waals surface area (Å²) >= 11 is 0. The third kappa shape index (κ3) is 1.91. The van der Waals surface area contributed by atoms with Crippen LogP contribution in [0.15, 0.2) is 0 Å². The number of fused-ring (bicyclic) bond motifs is 3. The Morgan fingerprint density at radius 2 is 2.14 bits per heavy atom. The molecule has 80 valence electrons. The molecule has 4 nitrogen and oxygen atoms in total. The summed E-state index contributed by atoms with van der Waals surface area (Å²) in [6.07, 6.45) is 2.45. The molecule has 3 rings (SSSR count). The van der Waals surface area contributed by atoms with Crippen LogP contribution in [0.3, 0.4) is 0 Å². The molecule has 0 spiro atoms. The van der Waals surface area contributed by atoms with Gasteiger partial charge in [0.05, 0.1) is 6.04 Å². The lowest BCUT2D eigenvalue weighted by Crippen LogP contribution is -2.58. The standard InChI is InChI=1S/C10H19N3O/c1-7(11)10(14)12-9-6-13-4-2-8(9)3-5-13/h7-9H,2-6,11H2,1H3,(H,12,14)/t7-,9?/m1/s1. The Kier molecular flexibility index (Phi) is 2.74. The van der Waals surface area contributed by atoms with Gasteiger partial charge >= 0.3 is 0 Å². The molecule has 3 N–H and O–H groups in total. The molecule has 0 radical (unpaired) electrons. The van der Waals surface area contributed by atoms with Crippen molar-refractivity contribution in [2.75, 3.05) is 19.6 Å². The van der Waals surface area contributed by atoms with E-state index in [1.807, 2.05) is 0 Å². The topological polar surface area (TPSA) is 58.4 Å². The quantitative estimate of drug-likeness (QED) is 0.630. The summed E-state index contributed by atoms with van der Waals surface area (Å²) in [5, 5.41) is 3.04. The normalized spacial score (nSPS) is 38.0. The van der Waals surface area contributed by atoms with E-state index in [-0.39, 0.29) is 11.9 Å². The number of carbonyl (C=O) groups excluding carboxylic acids is 1. The molecule has 0 aromatic carbocycles. The van der Waals surface area contributed by atoms with Crippen LogP contribution in [-0.2, 0) is 4.79 Å². The van der Waals surface area contributed by atoms with Crippen LogP contribution in [-0.4, -0.2) is 42.5 Å². The zero-order chi connectivity index (χ0) is 10.1. The number of nitrogens with one attached hydrogen (secondary N) is 1. The summed E-state index contributed by atoms with van der Waals surface area (Å²) in [5.41, 5.74) is 5.53.